The zero-order valence-electron chi connectivity index (χ0n) is 15.9. The lowest BCUT2D eigenvalue weighted by Crippen LogP contribution is -2.12. The van der Waals surface area contributed by atoms with Gasteiger partial charge in [0.15, 0.2) is 0 Å². The Morgan fingerprint density at radius 2 is 1.24 bits per heavy atom. The van der Waals surface area contributed by atoms with Crippen LogP contribution in [-0.4, -0.2) is 46.2 Å². The van der Waals surface area contributed by atoms with Gasteiger partial charge in [0.05, 0.1) is 46.2 Å². The van der Waals surface area contributed by atoms with Crippen LogP contribution in [0.15, 0.2) is 16.8 Å². The molecule has 1 aromatic heterocycles. The fourth-order valence-electron chi connectivity index (χ4n) is 2.39. The summed E-state index contributed by atoms with van der Waals surface area (Å²) >= 11 is 1.69. The average molecular weight is 373 g/mol. The first-order chi connectivity index (χ1) is 12.4. The highest BCUT2D eigenvalue weighted by Gasteiger charge is 1.95. The molecule has 0 aliphatic heterocycles. The monoisotopic (exact) mass is 372 g/mol. The smallest absolute Gasteiger partial charge is 0.0726 e. The summed E-state index contributed by atoms with van der Waals surface area (Å²) < 4.78 is 22.0. The van der Waals surface area contributed by atoms with Crippen molar-refractivity contribution in [1.29, 1.82) is 0 Å². The van der Waals surface area contributed by atoms with E-state index in [-0.39, 0.29) is 0 Å². The molecule has 0 atom stereocenters. The van der Waals surface area contributed by atoms with Gasteiger partial charge in [-0.3, -0.25) is 0 Å². The molecule has 0 bridgehead atoms. The Labute approximate surface area is 157 Å². The second-order valence-corrected chi connectivity index (χ2v) is 6.92. The average Bonchev–Trinajstić information content (AvgIpc) is 3.14. The lowest BCUT2D eigenvalue weighted by molar-refractivity contribution is -0.00437. The van der Waals surface area contributed by atoms with Crippen LogP contribution in [0.2, 0.25) is 0 Å². The van der Waals surface area contributed by atoms with Crippen LogP contribution in [0.5, 0.6) is 0 Å². The Kier molecular flexibility index (Phi) is 16.6. The third kappa shape index (κ3) is 15.5. The van der Waals surface area contributed by atoms with Crippen molar-refractivity contribution in [2.75, 3.05) is 46.2 Å². The Morgan fingerprint density at radius 1 is 0.680 bits per heavy atom. The second-order valence-electron chi connectivity index (χ2n) is 6.14. The van der Waals surface area contributed by atoms with E-state index >= 15 is 0 Å². The van der Waals surface area contributed by atoms with Crippen molar-refractivity contribution in [2.45, 2.75) is 58.5 Å². The van der Waals surface area contributed by atoms with Crippen LogP contribution in [-0.2, 0) is 25.6 Å². The van der Waals surface area contributed by atoms with Crippen molar-refractivity contribution >= 4 is 11.3 Å². The second kappa shape index (κ2) is 18.3. The first-order valence-electron chi connectivity index (χ1n) is 9.75. The molecule has 25 heavy (non-hydrogen) atoms. The van der Waals surface area contributed by atoms with Crippen LogP contribution in [0.1, 0.15) is 57.4 Å². The zero-order valence-corrected chi connectivity index (χ0v) is 16.7. The molecule has 0 spiro atoms. The summed E-state index contributed by atoms with van der Waals surface area (Å²) in [5.41, 5.74) is 1.23. The van der Waals surface area contributed by atoms with Crippen LogP contribution < -0.4 is 0 Å². The van der Waals surface area contributed by atoms with E-state index < -0.39 is 0 Å². The lowest BCUT2D eigenvalue weighted by Gasteiger charge is -2.07. The van der Waals surface area contributed by atoms with Gasteiger partial charge in [0.1, 0.15) is 0 Å². The number of hydrogen-bond donors (Lipinski definition) is 0. The van der Waals surface area contributed by atoms with E-state index in [0.29, 0.717) is 46.2 Å². The molecule has 1 heterocycles. The fraction of sp³-hybridized carbons (Fsp3) is 0.800. The van der Waals surface area contributed by atoms with Crippen LogP contribution >= 0.6 is 11.3 Å². The highest BCUT2D eigenvalue weighted by atomic mass is 32.1. The summed E-state index contributed by atoms with van der Waals surface area (Å²) in [5.74, 6) is 0. The summed E-state index contributed by atoms with van der Waals surface area (Å²) in [6.45, 7) is 7.57. The Balaban J connectivity index is 1.65. The third-order valence-electron chi connectivity index (χ3n) is 3.86. The Morgan fingerprint density at radius 3 is 1.84 bits per heavy atom. The van der Waals surface area contributed by atoms with E-state index in [4.69, 9.17) is 18.9 Å². The maximum atomic E-state index is 5.57. The molecule has 4 nitrogen and oxygen atoms in total. The van der Waals surface area contributed by atoms with Gasteiger partial charge in [-0.15, -0.1) is 0 Å². The number of hydrogen-bond acceptors (Lipinski definition) is 5. The van der Waals surface area contributed by atoms with Crippen molar-refractivity contribution in [1.82, 2.24) is 0 Å². The first-order valence-corrected chi connectivity index (χ1v) is 10.7. The first kappa shape index (κ1) is 22.6. The summed E-state index contributed by atoms with van der Waals surface area (Å²) in [5, 5.41) is 4.16. The standard InChI is InChI=1S/C20H36O4S/c1-2-3-4-5-6-7-8-10-21-11-12-22-13-14-23-15-16-24-18-20-9-17-25-19-20/h9,17,19H,2-8,10-16,18H2,1H3. The minimum atomic E-state index is 0.611. The number of rotatable bonds is 19. The van der Waals surface area contributed by atoms with Gasteiger partial charge in [-0.25, -0.2) is 0 Å². The summed E-state index contributed by atoms with van der Waals surface area (Å²) in [6.07, 6.45) is 9.24. The third-order valence-corrected chi connectivity index (χ3v) is 4.59. The lowest BCUT2D eigenvalue weighted by atomic mass is 10.1. The van der Waals surface area contributed by atoms with Crippen molar-refractivity contribution < 1.29 is 18.9 Å². The van der Waals surface area contributed by atoms with E-state index in [1.165, 1.54) is 50.5 Å². The molecule has 0 saturated carbocycles. The van der Waals surface area contributed by atoms with Gasteiger partial charge in [0.2, 0.25) is 0 Å². The Hall–Kier alpha value is -0.460. The maximum Gasteiger partial charge on any atom is 0.0726 e. The van der Waals surface area contributed by atoms with E-state index in [0.717, 1.165) is 6.61 Å². The van der Waals surface area contributed by atoms with Gasteiger partial charge < -0.3 is 18.9 Å². The van der Waals surface area contributed by atoms with Crippen LogP contribution in [0.4, 0.5) is 0 Å². The predicted molar refractivity (Wildman–Crippen MR) is 104 cm³/mol. The summed E-state index contributed by atoms with van der Waals surface area (Å²) in [7, 11) is 0. The van der Waals surface area contributed by atoms with Gasteiger partial charge >= 0.3 is 0 Å². The maximum absolute atomic E-state index is 5.57. The van der Waals surface area contributed by atoms with E-state index in [1.54, 1.807) is 11.3 Å². The molecule has 0 aromatic carbocycles. The van der Waals surface area contributed by atoms with Crippen molar-refractivity contribution in [3.05, 3.63) is 22.4 Å². The van der Waals surface area contributed by atoms with Gasteiger partial charge in [-0.2, -0.15) is 11.3 Å². The molecule has 0 aliphatic rings. The van der Waals surface area contributed by atoms with Gasteiger partial charge in [-0.1, -0.05) is 45.4 Å². The molecule has 0 N–H and O–H groups in total. The molecule has 0 unspecified atom stereocenters. The van der Waals surface area contributed by atoms with Gasteiger partial charge in [0, 0.05) is 6.61 Å². The summed E-state index contributed by atoms with van der Waals surface area (Å²) in [6, 6.07) is 2.08. The molecule has 0 fully saturated rings. The quantitative estimate of drug-likeness (QED) is 0.318. The normalized spacial score (nSPS) is 11.2. The van der Waals surface area contributed by atoms with E-state index in [9.17, 15) is 0 Å². The molecule has 5 heteroatoms. The largest absolute Gasteiger partial charge is 0.379 e. The molecule has 0 radical (unpaired) electrons. The molecule has 0 saturated heterocycles. The molecular weight excluding hydrogens is 336 g/mol. The highest BCUT2D eigenvalue weighted by molar-refractivity contribution is 7.07. The summed E-state index contributed by atoms with van der Waals surface area (Å²) in [4.78, 5) is 0. The zero-order chi connectivity index (χ0) is 17.8. The minimum absolute atomic E-state index is 0.611. The molecule has 1 rings (SSSR count). The molecule has 146 valence electrons. The minimum Gasteiger partial charge on any atom is -0.379 e. The van der Waals surface area contributed by atoms with Crippen LogP contribution in [0.3, 0.4) is 0 Å². The highest BCUT2D eigenvalue weighted by Crippen LogP contribution is 2.07. The van der Waals surface area contributed by atoms with E-state index in [2.05, 4.69) is 23.8 Å². The van der Waals surface area contributed by atoms with Crippen molar-refractivity contribution in [2.24, 2.45) is 0 Å². The molecule has 0 aliphatic carbocycles. The van der Waals surface area contributed by atoms with Gasteiger partial charge in [-0.05, 0) is 28.8 Å². The molecule has 0 amide bonds. The molecule has 1 aromatic rings. The van der Waals surface area contributed by atoms with Gasteiger partial charge in [0.25, 0.3) is 0 Å². The van der Waals surface area contributed by atoms with Crippen molar-refractivity contribution in [3.63, 3.8) is 0 Å². The fourth-order valence-corrected chi connectivity index (χ4v) is 3.04. The Bertz CT molecular complexity index is 357. The van der Waals surface area contributed by atoms with Crippen LogP contribution in [0, 0.1) is 0 Å². The molecular formula is C20H36O4S. The number of ether oxygens (including phenoxy) is 4. The van der Waals surface area contributed by atoms with E-state index in [1.807, 2.05) is 0 Å². The topological polar surface area (TPSA) is 36.9 Å². The SMILES string of the molecule is CCCCCCCCCOCCOCCOCCOCc1ccsc1. The van der Waals surface area contributed by atoms with Crippen LogP contribution in [0.25, 0.3) is 0 Å². The number of unbranched alkanes of at least 4 members (excludes halogenated alkanes) is 6. The predicted octanol–water partition coefficient (Wildman–Crippen LogP) is 5.07. The van der Waals surface area contributed by atoms with Crippen molar-refractivity contribution in [3.8, 4) is 0 Å². The number of thiophene rings is 1.